The van der Waals surface area contributed by atoms with Gasteiger partial charge in [0.25, 0.3) is 5.91 Å². The molecule has 1 amide bonds. The lowest BCUT2D eigenvalue weighted by molar-refractivity contribution is -0.150. The number of hydrogen-bond acceptors (Lipinski definition) is 6. The summed E-state index contributed by atoms with van der Waals surface area (Å²) in [6.07, 6.45) is 2.04. The molecular formula is C19H22N2O5. The maximum absolute atomic E-state index is 12.3. The Bertz CT molecular complexity index is 729. The van der Waals surface area contributed by atoms with E-state index in [0.29, 0.717) is 24.7 Å². The second-order valence-electron chi connectivity index (χ2n) is 6.57. The van der Waals surface area contributed by atoms with Gasteiger partial charge in [-0.25, -0.2) is 4.79 Å². The van der Waals surface area contributed by atoms with Gasteiger partial charge in [-0.1, -0.05) is 25.1 Å². The Morgan fingerprint density at radius 1 is 1.31 bits per heavy atom. The van der Waals surface area contributed by atoms with E-state index in [9.17, 15) is 14.4 Å². The number of amides is 1. The SMILES string of the molecule is C[C@H]1CCCN(C(=O)COC(=O)C2=C(Nc3ccccc3)OCC2=O)C1. The van der Waals surface area contributed by atoms with Gasteiger partial charge >= 0.3 is 5.97 Å². The van der Waals surface area contributed by atoms with Crippen molar-refractivity contribution in [2.75, 3.05) is 31.6 Å². The summed E-state index contributed by atoms with van der Waals surface area (Å²) in [6, 6.07) is 9.04. The lowest BCUT2D eigenvalue weighted by Gasteiger charge is -2.30. The summed E-state index contributed by atoms with van der Waals surface area (Å²) in [6.45, 7) is 2.83. The van der Waals surface area contributed by atoms with Gasteiger partial charge in [0.1, 0.15) is 0 Å². The molecule has 0 radical (unpaired) electrons. The largest absolute Gasteiger partial charge is 0.470 e. The molecule has 1 aromatic carbocycles. The van der Waals surface area contributed by atoms with Gasteiger partial charge < -0.3 is 19.7 Å². The summed E-state index contributed by atoms with van der Waals surface area (Å²) in [4.78, 5) is 38.2. The van der Waals surface area contributed by atoms with Crippen LogP contribution >= 0.6 is 0 Å². The molecule has 0 aliphatic carbocycles. The van der Waals surface area contributed by atoms with Crippen molar-refractivity contribution in [3.05, 3.63) is 41.8 Å². The highest BCUT2D eigenvalue weighted by molar-refractivity contribution is 6.20. The third-order valence-corrected chi connectivity index (χ3v) is 4.43. The van der Waals surface area contributed by atoms with E-state index >= 15 is 0 Å². The molecule has 0 saturated carbocycles. The highest BCUT2D eigenvalue weighted by Gasteiger charge is 2.33. The number of anilines is 1. The fourth-order valence-corrected chi connectivity index (χ4v) is 3.07. The van der Waals surface area contributed by atoms with Gasteiger partial charge in [-0.3, -0.25) is 9.59 Å². The van der Waals surface area contributed by atoms with Gasteiger partial charge in [0.2, 0.25) is 11.7 Å². The highest BCUT2D eigenvalue weighted by Crippen LogP contribution is 2.21. The van der Waals surface area contributed by atoms with Crippen LogP contribution in [0.5, 0.6) is 0 Å². The molecule has 1 aromatic rings. The fraction of sp³-hybridized carbons (Fsp3) is 0.421. The van der Waals surface area contributed by atoms with Crippen LogP contribution in [-0.2, 0) is 23.9 Å². The monoisotopic (exact) mass is 358 g/mol. The molecule has 138 valence electrons. The Labute approximate surface area is 151 Å². The minimum Gasteiger partial charge on any atom is -0.470 e. The first-order valence-electron chi connectivity index (χ1n) is 8.72. The number of carbonyl (C=O) groups is 3. The standard InChI is InChI=1S/C19H22N2O5/c1-13-6-5-9-21(10-13)16(23)12-26-19(24)17-15(22)11-25-18(17)20-14-7-3-2-4-8-14/h2-4,7-8,13,20H,5-6,9-12H2,1H3/t13-/m0/s1. The molecule has 2 aliphatic rings. The Morgan fingerprint density at radius 3 is 2.81 bits per heavy atom. The van der Waals surface area contributed by atoms with Crippen LogP contribution in [0.1, 0.15) is 19.8 Å². The van der Waals surface area contributed by atoms with E-state index in [4.69, 9.17) is 9.47 Å². The number of piperidine rings is 1. The zero-order valence-corrected chi connectivity index (χ0v) is 14.7. The molecule has 1 atom stereocenters. The van der Waals surface area contributed by atoms with E-state index in [1.54, 1.807) is 17.0 Å². The molecule has 0 bridgehead atoms. The van der Waals surface area contributed by atoms with Crippen LogP contribution in [0, 0.1) is 5.92 Å². The molecule has 3 rings (SSSR count). The zero-order valence-electron chi connectivity index (χ0n) is 14.7. The number of nitrogens with zero attached hydrogens (tertiary/aromatic N) is 1. The first-order valence-corrected chi connectivity index (χ1v) is 8.72. The molecule has 26 heavy (non-hydrogen) atoms. The van der Waals surface area contributed by atoms with E-state index in [2.05, 4.69) is 12.2 Å². The molecule has 1 N–H and O–H groups in total. The van der Waals surface area contributed by atoms with Gasteiger partial charge in [-0.2, -0.15) is 0 Å². The molecule has 0 aromatic heterocycles. The summed E-state index contributed by atoms with van der Waals surface area (Å²) < 4.78 is 10.3. The predicted molar refractivity (Wildman–Crippen MR) is 94.0 cm³/mol. The summed E-state index contributed by atoms with van der Waals surface area (Å²) in [5.74, 6) is -1.05. The van der Waals surface area contributed by atoms with Crippen LogP contribution in [0.25, 0.3) is 0 Å². The van der Waals surface area contributed by atoms with Crippen molar-refractivity contribution < 1.29 is 23.9 Å². The summed E-state index contributed by atoms with van der Waals surface area (Å²) >= 11 is 0. The highest BCUT2D eigenvalue weighted by atomic mass is 16.5. The zero-order chi connectivity index (χ0) is 18.5. The summed E-state index contributed by atoms with van der Waals surface area (Å²) in [5, 5.41) is 2.90. The van der Waals surface area contributed by atoms with E-state index in [1.807, 2.05) is 18.2 Å². The van der Waals surface area contributed by atoms with Crippen LogP contribution in [-0.4, -0.2) is 48.9 Å². The Balaban J connectivity index is 1.62. The summed E-state index contributed by atoms with van der Waals surface area (Å²) in [5.41, 5.74) is 0.495. The van der Waals surface area contributed by atoms with Crippen molar-refractivity contribution in [2.24, 2.45) is 5.92 Å². The van der Waals surface area contributed by atoms with Gasteiger partial charge in [-0.15, -0.1) is 0 Å². The molecular weight excluding hydrogens is 336 g/mol. The predicted octanol–water partition coefficient (Wildman–Crippen LogP) is 1.71. The smallest absolute Gasteiger partial charge is 0.347 e. The topological polar surface area (TPSA) is 84.9 Å². The first kappa shape index (κ1) is 18.0. The molecule has 1 fully saturated rings. The second kappa shape index (κ2) is 8.03. The van der Waals surface area contributed by atoms with Crippen molar-refractivity contribution in [3.63, 3.8) is 0 Å². The third kappa shape index (κ3) is 4.22. The third-order valence-electron chi connectivity index (χ3n) is 4.43. The van der Waals surface area contributed by atoms with E-state index < -0.39 is 11.8 Å². The van der Waals surface area contributed by atoms with E-state index in [0.717, 1.165) is 12.8 Å². The number of benzene rings is 1. The van der Waals surface area contributed by atoms with E-state index in [-0.39, 0.29) is 30.6 Å². The van der Waals surface area contributed by atoms with E-state index in [1.165, 1.54) is 0 Å². The fourth-order valence-electron chi connectivity index (χ4n) is 3.07. The van der Waals surface area contributed by atoms with Gasteiger partial charge in [0, 0.05) is 18.8 Å². The van der Waals surface area contributed by atoms with Crippen LogP contribution < -0.4 is 5.32 Å². The number of likely N-dealkylation sites (tertiary alicyclic amines) is 1. The van der Waals surface area contributed by atoms with Gasteiger partial charge in [0.05, 0.1) is 0 Å². The number of rotatable bonds is 5. The first-order chi connectivity index (χ1) is 12.5. The molecule has 2 aliphatic heterocycles. The van der Waals surface area contributed by atoms with Gasteiger partial charge in [0.15, 0.2) is 18.8 Å². The van der Waals surface area contributed by atoms with Crippen LogP contribution in [0.4, 0.5) is 5.69 Å². The van der Waals surface area contributed by atoms with Crippen LogP contribution in [0.15, 0.2) is 41.8 Å². The summed E-state index contributed by atoms with van der Waals surface area (Å²) in [7, 11) is 0. The Kier molecular flexibility index (Phi) is 5.55. The van der Waals surface area contributed by atoms with Crippen molar-refractivity contribution >= 4 is 23.3 Å². The molecule has 0 unspecified atom stereocenters. The number of hydrogen-bond donors (Lipinski definition) is 1. The maximum Gasteiger partial charge on any atom is 0.347 e. The average Bonchev–Trinajstić information content (AvgIpc) is 3.00. The van der Waals surface area contributed by atoms with Gasteiger partial charge in [-0.05, 0) is 30.9 Å². The van der Waals surface area contributed by atoms with Crippen molar-refractivity contribution in [3.8, 4) is 0 Å². The minimum absolute atomic E-state index is 0.0604. The number of ketones is 1. The van der Waals surface area contributed by atoms with Crippen molar-refractivity contribution in [2.45, 2.75) is 19.8 Å². The normalized spacial score (nSPS) is 20.0. The lowest BCUT2D eigenvalue weighted by atomic mass is 10.0. The Morgan fingerprint density at radius 2 is 2.08 bits per heavy atom. The van der Waals surface area contributed by atoms with Crippen LogP contribution in [0.3, 0.4) is 0 Å². The number of Topliss-reactive ketones (excluding diaryl/α,β-unsaturated/α-hetero) is 1. The second-order valence-corrected chi connectivity index (χ2v) is 6.57. The number of ether oxygens (including phenoxy) is 2. The molecule has 1 saturated heterocycles. The average molecular weight is 358 g/mol. The number of para-hydroxylation sites is 1. The number of nitrogens with one attached hydrogen (secondary N) is 1. The molecule has 2 heterocycles. The Hall–Kier alpha value is -2.83. The lowest BCUT2D eigenvalue weighted by Crippen LogP contribution is -2.41. The number of esters is 1. The molecule has 7 nitrogen and oxygen atoms in total. The van der Waals surface area contributed by atoms with Crippen LogP contribution in [0.2, 0.25) is 0 Å². The maximum atomic E-state index is 12.3. The quantitative estimate of drug-likeness (QED) is 0.637. The van der Waals surface area contributed by atoms with Crippen molar-refractivity contribution in [1.82, 2.24) is 4.90 Å². The molecule has 7 heteroatoms. The minimum atomic E-state index is -0.843. The molecule has 0 spiro atoms. The van der Waals surface area contributed by atoms with Crippen molar-refractivity contribution in [1.29, 1.82) is 0 Å². The number of carbonyl (C=O) groups excluding carboxylic acids is 3.